The van der Waals surface area contributed by atoms with Crippen LogP contribution in [-0.4, -0.2) is 62.0 Å². The minimum absolute atomic E-state index is 0.0398. The lowest BCUT2D eigenvalue weighted by molar-refractivity contribution is 0.0827. The first-order valence-electron chi connectivity index (χ1n) is 9.34. The number of hydrogen-bond acceptors (Lipinski definition) is 3. The number of benzene rings is 1. The van der Waals surface area contributed by atoms with Crippen LogP contribution in [-0.2, 0) is 6.42 Å². The number of carbonyl (C=O) groups excluding carboxylic acids is 1. The fourth-order valence-corrected chi connectivity index (χ4v) is 4.15. The highest BCUT2D eigenvalue weighted by Gasteiger charge is 2.21. The van der Waals surface area contributed by atoms with E-state index in [1.54, 1.807) is 19.0 Å². The number of nitrogens with one attached hydrogen (secondary N) is 2. The highest BCUT2D eigenvalue weighted by atomic mass is 32.2. The van der Waals surface area contributed by atoms with Crippen molar-refractivity contribution in [2.24, 2.45) is 4.99 Å². The van der Waals surface area contributed by atoms with Crippen molar-refractivity contribution in [1.29, 1.82) is 0 Å². The van der Waals surface area contributed by atoms with Crippen LogP contribution in [0.4, 0.5) is 0 Å². The van der Waals surface area contributed by atoms with Crippen molar-refractivity contribution in [2.75, 3.05) is 33.9 Å². The molecule has 0 aliphatic heterocycles. The van der Waals surface area contributed by atoms with Gasteiger partial charge in [0.1, 0.15) is 0 Å². The van der Waals surface area contributed by atoms with Crippen LogP contribution in [0.1, 0.15) is 41.6 Å². The van der Waals surface area contributed by atoms with Crippen LogP contribution >= 0.6 is 11.8 Å². The molecule has 2 rings (SSSR count). The first kappa shape index (κ1) is 20.6. The van der Waals surface area contributed by atoms with E-state index >= 15 is 0 Å². The fourth-order valence-electron chi connectivity index (χ4n) is 3.32. The van der Waals surface area contributed by atoms with E-state index in [1.807, 2.05) is 37.0 Å². The number of thioether (sulfide) groups is 1. The number of nitrogens with zero attached hydrogens (tertiary/aromatic N) is 2. The summed E-state index contributed by atoms with van der Waals surface area (Å²) < 4.78 is 0. The quantitative estimate of drug-likeness (QED) is 0.592. The molecule has 1 aliphatic rings. The molecule has 0 bridgehead atoms. The Hall–Kier alpha value is -1.69. The predicted molar refractivity (Wildman–Crippen MR) is 112 cm³/mol. The van der Waals surface area contributed by atoms with E-state index < -0.39 is 0 Å². The second kappa shape index (κ2) is 10.5. The number of carbonyl (C=O) groups is 1. The minimum atomic E-state index is 0.0398. The van der Waals surface area contributed by atoms with Crippen LogP contribution in [0.3, 0.4) is 0 Å². The lowest BCUT2D eigenvalue weighted by Crippen LogP contribution is -2.46. The highest BCUT2D eigenvalue weighted by Crippen LogP contribution is 2.26. The summed E-state index contributed by atoms with van der Waals surface area (Å²) in [6.45, 7) is 0.790. The van der Waals surface area contributed by atoms with E-state index in [1.165, 1.54) is 25.7 Å². The number of guanidine groups is 1. The van der Waals surface area contributed by atoms with Gasteiger partial charge < -0.3 is 15.5 Å². The van der Waals surface area contributed by atoms with E-state index in [4.69, 9.17) is 0 Å². The molecule has 2 atom stereocenters. The van der Waals surface area contributed by atoms with E-state index in [9.17, 15) is 4.79 Å². The van der Waals surface area contributed by atoms with E-state index in [0.717, 1.165) is 35.3 Å². The Morgan fingerprint density at radius 1 is 1.35 bits per heavy atom. The number of hydrogen-bond donors (Lipinski definition) is 2. The smallest absolute Gasteiger partial charge is 0.253 e. The lowest BCUT2D eigenvalue weighted by Gasteiger charge is -2.29. The van der Waals surface area contributed by atoms with Gasteiger partial charge in [-0.2, -0.15) is 11.8 Å². The van der Waals surface area contributed by atoms with E-state index in [0.29, 0.717) is 6.04 Å². The molecule has 6 heteroatoms. The van der Waals surface area contributed by atoms with Gasteiger partial charge in [-0.1, -0.05) is 18.6 Å². The van der Waals surface area contributed by atoms with Crippen LogP contribution in [0.2, 0.25) is 0 Å². The Balaban J connectivity index is 1.82. The van der Waals surface area contributed by atoms with Crippen molar-refractivity contribution in [3.05, 3.63) is 35.4 Å². The molecule has 1 aromatic carbocycles. The Morgan fingerprint density at radius 3 is 2.85 bits per heavy atom. The molecule has 0 radical (unpaired) electrons. The molecular formula is C20H32N4OS. The van der Waals surface area contributed by atoms with Gasteiger partial charge >= 0.3 is 0 Å². The Labute approximate surface area is 162 Å². The van der Waals surface area contributed by atoms with Crippen molar-refractivity contribution in [3.8, 4) is 0 Å². The van der Waals surface area contributed by atoms with E-state index in [-0.39, 0.29) is 5.91 Å². The summed E-state index contributed by atoms with van der Waals surface area (Å²) in [6.07, 6.45) is 8.09. The normalized spacial score (nSPS) is 20.5. The fraction of sp³-hybridized carbons (Fsp3) is 0.600. The Bertz CT molecular complexity index is 618. The molecular weight excluding hydrogens is 344 g/mol. The van der Waals surface area contributed by atoms with Crippen LogP contribution in [0.25, 0.3) is 0 Å². The molecule has 0 aromatic heterocycles. The zero-order valence-corrected chi connectivity index (χ0v) is 17.2. The molecule has 1 aromatic rings. The van der Waals surface area contributed by atoms with Crippen molar-refractivity contribution in [2.45, 2.75) is 43.4 Å². The van der Waals surface area contributed by atoms with Gasteiger partial charge in [0.15, 0.2) is 5.96 Å². The molecule has 2 unspecified atom stereocenters. The molecule has 1 fully saturated rings. The summed E-state index contributed by atoms with van der Waals surface area (Å²) in [5.74, 6) is 0.912. The third kappa shape index (κ3) is 6.24. The van der Waals surface area contributed by atoms with Crippen molar-refractivity contribution in [1.82, 2.24) is 15.5 Å². The highest BCUT2D eigenvalue weighted by molar-refractivity contribution is 7.99. The maximum atomic E-state index is 12.1. The van der Waals surface area contributed by atoms with Gasteiger partial charge in [-0.3, -0.25) is 9.79 Å². The molecule has 144 valence electrons. The largest absolute Gasteiger partial charge is 0.356 e. The minimum Gasteiger partial charge on any atom is -0.356 e. The first-order valence-corrected chi connectivity index (χ1v) is 10.6. The summed E-state index contributed by atoms with van der Waals surface area (Å²) in [4.78, 5) is 18.0. The Morgan fingerprint density at radius 2 is 2.15 bits per heavy atom. The van der Waals surface area contributed by atoms with Gasteiger partial charge in [0.2, 0.25) is 0 Å². The van der Waals surface area contributed by atoms with Crippen molar-refractivity contribution >= 4 is 23.6 Å². The van der Waals surface area contributed by atoms with Gasteiger partial charge in [-0.15, -0.1) is 0 Å². The lowest BCUT2D eigenvalue weighted by atomic mass is 9.95. The summed E-state index contributed by atoms with van der Waals surface area (Å²) in [5, 5.41) is 7.73. The van der Waals surface area contributed by atoms with Crippen molar-refractivity contribution in [3.63, 3.8) is 0 Å². The summed E-state index contributed by atoms with van der Waals surface area (Å²) in [7, 11) is 5.37. The van der Waals surface area contributed by atoms with Crippen LogP contribution in [0, 0.1) is 0 Å². The zero-order chi connectivity index (χ0) is 18.9. The topological polar surface area (TPSA) is 56.7 Å². The van der Waals surface area contributed by atoms with Gasteiger partial charge in [0.05, 0.1) is 0 Å². The molecule has 1 amide bonds. The molecule has 0 spiro atoms. The maximum Gasteiger partial charge on any atom is 0.253 e. The monoisotopic (exact) mass is 376 g/mol. The molecule has 0 saturated heterocycles. The number of aliphatic imine (C=N–C) groups is 1. The predicted octanol–water partition coefficient (Wildman–Crippen LogP) is 2.77. The van der Waals surface area contributed by atoms with Gasteiger partial charge in [-0.05, 0) is 49.6 Å². The van der Waals surface area contributed by atoms with Crippen LogP contribution < -0.4 is 10.6 Å². The molecule has 0 heterocycles. The standard InChI is InChI=1S/C20H32N4OS/c1-21-20(23-17-9-6-10-18(14-17)26-4)22-12-11-15-7-5-8-16(13-15)19(25)24(2)3/h5,7-8,13,17-18H,6,9-12,14H2,1-4H3,(H2,21,22,23). The molecule has 26 heavy (non-hydrogen) atoms. The average Bonchev–Trinajstić information content (AvgIpc) is 2.66. The number of amides is 1. The van der Waals surface area contributed by atoms with Crippen LogP contribution in [0.5, 0.6) is 0 Å². The van der Waals surface area contributed by atoms with Crippen molar-refractivity contribution < 1.29 is 4.79 Å². The van der Waals surface area contributed by atoms with Gasteiger partial charge in [0, 0.05) is 44.5 Å². The molecule has 1 aliphatic carbocycles. The third-order valence-corrected chi connectivity index (χ3v) is 5.90. The number of rotatable bonds is 6. The SMILES string of the molecule is CN=C(NCCc1cccc(C(=O)N(C)C)c1)NC1CCCC(SC)C1. The second-order valence-electron chi connectivity index (χ2n) is 7.01. The first-order chi connectivity index (χ1) is 12.5. The third-order valence-electron chi connectivity index (χ3n) is 4.81. The Kier molecular flexibility index (Phi) is 8.29. The summed E-state index contributed by atoms with van der Waals surface area (Å²) in [5.41, 5.74) is 1.89. The second-order valence-corrected chi connectivity index (χ2v) is 8.15. The molecule has 2 N–H and O–H groups in total. The maximum absolute atomic E-state index is 12.1. The van der Waals surface area contributed by atoms with E-state index in [2.05, 4.69) is 27.9 Å². The zero-order valence-electron chi connectivity index (χ0n) is 16.4. The molecule has 5 nitrogen and oxygen atoms in total. The van der Waals surface area contributed by atoms with Gasteiger partial charge in [-0.25, -0.2) is 0 Å². The van der Waals surface area contributed by atoms with Gasteiger partial charge in [0.25, 0.3) is 5.91 Å². The van der Waals surface area contributed by atoms with Crippen LogP contribution in [0.15, 0.2) is 29.3 Å². The summed E-state index contributed by atoms with van der Waals surface area (Å²) >= 11 is 1.97. The summed E-state index contributed by atoms with van der Waals surface area (Å²) in [6, 6.07) is 8.36. The average molecular weight is 377 g/mol. The molecule has 1 saturated carbocycles.